The minimum Gasteiger partial charge on any atom is -0.462 e. The Morgan fingerprint density at radius 1 is 1.25 bits per heavy atom. The molecular weight excluding hydrogens is 402 g/mol. The van der Waals surface area contributed by atoms with Gasteiger partial charge < -0.3 is 20.4 Å². The number of nitrogens with two attached hydrogens (primary N) is 1. The molecule has 0 aromatic carbocycles. The zero-order valence-electron chi connectivity index (χ0n) is 16.2. The average Bonchev–Trinajstić information content (AvgIpc) is 3.20. The van der Waals surface area contributed by atoms with Crippen LogP contribution in [0.4, 0.5) is 5.00 Å². The summed E-state index contributed by atoms with van der Waals surface area (Å²) in [6.45, 7) is 8.14. The molecule has 2 aromatic rings. The van der Waals surface area contributed by atoms with E-state index in [0.717, 1.165) is 23.6 Å². The van der Waals surface area contributed by atoms with Crippen LogP contribution in [0.3, 0.4) is 0 Å². The van der Waals surface area contributed by atoms with Crippen molar-refractivity contribution < 1.29 is 19.1 Å². The molecule has 0 unspecified atom stereocenters. The number of amides is 2. The number of nitrogens with zero attached hydrogens (tertiary/aromatic N) is 3. The van der Waals surface area contributed by atoms with Crippen LogP contribution in [0.2, 0.25) is 0 Å². The predicted molar refractivity (Wildman–Crippen MR) is 108 cm³/mol. The molecule has 0 saturated heterocycles. The van der Waals surface area contributed by atoms with Crippen LogP contribution >= 0.6 is 23.1 Å². The summed E-state index contributed by atoms with van der Waals surface area (Å²) in [6.07, 6.45) is 0.751. The summed E-state index contributed by atoms with van der Waals surface area (Å²) < 4.78 is 6.98. The average molecular weight is 426 g/mol. The monoisotopic (exact) mass is 425 g/mol. The molecule has 2 rings (SSSR count). The predicted octanol–water partition coefficient (Wildman–Crippen LogP) is 2.24. The molecule has 0 aliphatic carbocycles. The maximum absolute atomic E-state index is 12.4. The van der Waals surface area contributed by atoms with Gasteiger partial charge in [0.15, 0.2) is 5.16 Å². The summed E-state index contributed by atoms with van der Waals surface area (Å²) in [4.78, 5) is 36.5. The van der Waals surface area contributed by atoms with Crippen molar-refractivity contribution >= 4 is 45.9 Å². The first-order valence-corrected chi connectivity index (χ1v) is 10.6. The second-order valence-corrected chi connectivity index (χ2v) is 7.64. The van der Waals surface area contributed by atoms with Crippen molar-refractivity contribution in [3.05, 3.63) is 21.8 Å². The van der Waals surface area contributed by atoms with Gasteiger partial charge in [0.25, 0.3) is 5.91 Å². The maximum atomic E-state index is 12.4. The molecule has 0 atom stereocenters. The number of carbonyl (C=O) groups is 3. The number of anilines is 1. The molecule has 0 aliphatic rings. The van der Waals surface area contributed by atoms with Crippen LogP contribution in [0.25, 0.3) is 0 Å². The highest BCUT2D eigenvalue weighted by Gasteiger charge is 2.25. The first-order valence-electron chi connectivity index (χ1n) is 8.78. The number of aryl methyl sites for hydroxylation is 1. The van der Waals surface area contributed by atoms with Gasteiger partial charge in [0.2, 0.25) is 5.91 Å². The van der Waals surface area contributed by atoms with E-state index in [0.29, 0.717) is 17.3 Å². The quantitative estimate of drug-likeness (QED) is 0.465. The molecule has 9 nitrogen and oxygen atoms in total. The third-order valence-corrected chi connectivity index (χ3v) is 6.05. The topological polar surface area (TPSA) is 129 Å². The lowest BCUT2D eigenvalue weighted by Gasteiger charge is -2.08. The number of rotatable bonds is 9. The van der Waals surface area contributed by atoms with Gasteiger partial charge >= 0.3 is 5.97 Å². The van der Waals surface area contributed by atoms with E-state index < -0.39 is 11.9 Å². The minimum atomic E-state index is -0.661. The van der Waals surface area contributed by atoms with Crippen molar-refractivity contribution in [1.29, 1.82) is 0 Å². The fourth-order valence-electron chi connectivity index (χ4n) is 2.58. The second kappa shape index (κ2) is 9.69. The Kier molecular flexibility index (Phi) is 7.58. The molecule has 0 saturated carbocycles. The van der Waals surface area contributed by atoms with E-state index in [2.05, 4.69) is 15.5 Å². The first-order chi connectivity index (χ1) is 13.3. The zero-order chi connectivity index (χ0) is 20.8. The van der Waals surface area contributed by atoms with Crippen LogP contribution in [-0.2, 0) is 22.5 Å². The number of nitrogens with one attached hydrogen (secondary N) is 1. The summed E-state index contributed by atoms with van der Waals surface area (Å²) >= 11 is 2.22. The molecule has 11 heteroatoms. The van der Waals surface area contributed by atoms with Crippen LogP contribution in [-0.4, -0.2) is 44.9 Å². The van der Waals surface area contributed by atoms with Crippen molar-refractivity contribution in [2.75, 3.05) is 17.7 Å². The van der Waals surface area contributed by atoms with Crippen LogP contribution < -0.4 is 11.1 Å². The van der Waals surface area contributed by atoms with Crippen molar-refractivity contribution in [3.63, 3.8) is 0 Å². The molecule has 3 N–H and O–H groups in total. The van der Waals surface area contributed by atoms with Crippen molar-refractivity contribution in [2.45, 2.75) is 45.8 Å². The minimum absolute atomic E-state index is 0.0764. The molecule has 2 amide bonds. The molecule has 0 spiro atoms. The summed E-state index contributed by atoms with van der Waals surface area (Å²) in [6, 6.07) is 0. The third kappa shape index (κ3) is 4.71. The van der Waals surface area contributed by atoms with Gasteiger partial charge in [0.05, 0.1) is 22.8 Å². The SMILES string of the molecule is CCOC(=O)c1c(NC(=O)CSc2nnc(CC)n2CC)sc(C(N)=O)c1C. The van der Waals surface area contributed by atoms with Crippen molar-refractivity contribution in [2.24, 2.45) is 5.73 Å². The highest BCUT2D eigenvalue weighted by Crippen LogP contribution is 2.33. The van der Waals surface area contributed by atoms with Crippen molar-refractivity contribution in [3.8, 4) is 0 Å². The van der Waals surface area contributed by atoms with Crippen LogP contribution in [0.5, 0.6) is 0 Å². The fourth-order valence-corrected chi connectivity index (χ4v) is 4.47. The Bertz CT molecular complexity index is 890. The second-order valence-electron chi connectivity index (χ2n) is 5.68. The Morgan fingerprint density at radius 3 is 2.54 bits per heavy atom. The number of hydrogen-bond acceptors (Lipinski definition) is 8. The summed E-state index contributed by atoms with van der Waals surface area (Å²) in [5.41, 5.74) is 5.93. The molecular formula is C17H23N5O4S2. The largest absolute Gasteiger partial charge is 0.462 e. The lowest BCUT2D eigenvalue weighted by atomic mass is 10.1. The van der Waals surface area contributed by atoms with Gasteiger partial charge in [-0.15, -0.1) is 21.5 Å². The molecule has 2 heterocycles. The van der Waals surface area contributed by atoms with E-state index in [-0.39, 0.29) is 33.7 Å². The molecule has 0 aliphatic heterocycles. The Balaban J connectivity index is 2.17. The van der Waals surface area contributed by atoms with Crippen LogP contribution in [0.1, 0.15) is 52.2 Å². The lowest BCUT2D eigenvalue weighted by Crippen LogP contribution is -2.17. The molecule has 0 fully saturated rings. The standard InChI is InChI=1S/C17H23N5O4S2/c1-5-10-20-21-17(22(10)6-2)27-8-11(23)19-15-12(16(25)26-7-3)9(4)13(28-15)14(18)24/h5-8H2,1-4H3,(H2,18,24)(H,19,23). The van der Waals surface area contributed by atoms with Gasteiger partial charge in [-0.1, -0.05) is 18.7 Å². The third-order valence-electron chi connectivity index (χ3n) is 3.86. The highest BCUT2D eigenvalue weighted by atomic mass is 32.2. The van der Waals surface area contributed by atoms with Gasteiger partial charge in [-0.25, -0.2) is 4.79 Å². The zero-order valence-corrected chi connectivity index (χ0v) is 17.8. The fraction of sp³-hybridized carbons (Fsp3) is 0.471. The number of ether oxygens (including phenoxy) is 1. The lowest BCUT2D eigenvalue weighted by molar-refractivity contribution is -0.113. The normalized spacial score (nSPS) is 10.7. The molecule has 152 valence electrons. The number of thiophene rings is 1. The molecule has 2 aromatic heterocycles. The van der Waals surface area contributed by atoms with Gasteiger partial charge in [-0.2, -0.15) is 0 Å². The molecule has 0 radical (unpaired) electrons. The Hall–Kier alpha value is -2.40. The maximum Gasteiger partial charge on any atom is 0.341 e. The summed E-state index contributed by atoms with van der Waals surface area (Å²) in [5, 5.41) is 11.8. The van der Waals surface area contributed by atoms with E-state index in [4.69, 9.17) is 10.5 Å². The van der Waals surface area contributed by atoms with Gasteiger partial charge in [0.1, 0.15) is 10.8 Å². The number of thioether (sulfide) groups is 1. The van der Waals surface area contributed by atoms with Crippen LogP contribution in [0, 0.1) is 6.92 Å². The Morgan fingerprint density at radius 2 is 1.96 bits per heavy atom. The van der Waals surface area contributed by atoms with E-state index in [1.54, 1.807) is 13.8 Å². The first kappa shape index (κ1) is 21.9. The van der Waals surface area contributed by atoms with E-state index in [1.165, 1.54) is 11.8 Å². The van der Waals surface area contributed by atoms with Gasteiger partial charge in [-0.05, 0) is 26.3 Å². The number of primary amides is 1. The molecule has 28 heavy (non-hydrogen) atoms. The summed E-state index contributed by atoms with van der Waals surface area (Å²) in [5.74, 6) is -0.671. The van der Waals surface area contributed by atoms with Crippen LogP contribution in [0.15, 0.2) is 5.16 Å². The molecule has 0 bridgehead atoms. The Labute approximate surface area is 171 Å². The van der Waals surface area contributed by atoms with E-state index in [1.807, 2.05) is 18.4 Å². The number of aromatic nitrogens is 3. The van der Waals surface area contributed by atoms with Gasteiger partial charge in [0, 0.05) is 13.0 Å². The van der Waals surface area contributed by atoms with Gasteiger partial charge in [-0.3, -0.25) is 9.59 Å². The van der Waals surface area contributed by atoms with Crippen molar-refractivity contribution in [1.82, 2.24) is 14.8 Å². The number of hydrogen-bond donors (Lipinski definition) is 2. The number of carbonyl (C=O) groups excluding carboxylic acids is 3. The smallest absolute Gasteiger partial charge is 0.341 e. The van der Waals surface area contributed by atoms with E-state index in [9.17, 15) is 14.4 Å². The van der Waals surface area contributed by atoms with E-state index >= 15 is 0 Å². The number of esters is 1. The summed E-state index contributed by atoms with van der Waals surface area (Å²) in [7, 11) is 0. The highest BCUT2D eigenvalue weighted by molar-refractivity contribution is 7.99.